The Morgan fingerprint density at radius 2 is 2.00 bits per heavy atom. The van der Waals surface area contributed by atoms with Gasteiger partial charge in [-0.1, -0.05) is 0 Å². The average molecular weight is 460 g/mol. The van der Waals surface area contributed by atoms with E-state index < -0.39 is 0 Å². The molecule has 0 bridgehead atoms. The molecule has 1 saturated heterocycles. The van der Waals surface area contributed by atoms with Crippen LogP contribution < -0.4 is 20.3 Å². The van der Waals surface area contributed by atoms with Gasteiger partial charge in [-0.25, -0.2) is 24.9 Å². The van der Waals surface area contributed by atoms with Crippen LogP contribution in [0.5, 0.6) is 5.88 Å². The van der Waals surface area contributed by atoms with Crippen LogP contribution >= 0.6 is 0 Å². The van der Waals surface area contributed by atoms with Crippen LogP contribution in [0.2, 0.25) is 0 Å². The normalized spacial score (nSPS) is 14.1. The van der Waals surface area contributed by atoms with Crippen LogP contribution in [0, 0.1) is 0 Å². The van der Waals surface area contributed by atoms with E-state index in [-0.39, 0.29) is 11.9 Å². The number of imidazole rings is 1. The van der Waals surface area contributed by atoms with Gasteiger partial charge in [0.2, 0.25) is 17.7 Å². The first-order valence-corrected chi connectivity index (χ1v) is 11.0. The van der Waals surface area contributed by atoms with Gasteiger partial charge in [0.15, 0.2) is 5.52 Å². The highest BCUT2D eigenvalue weighted by Crippen LogP contribution is 2.29. The zero-order valence-corrected chi connectivity index (χ0v) is 19.2. The molecule has 0 saturated carbocycles. The Morgan fingerprint density at radius 3 is 2.74 bits per heavy atom. The largest absolute Gasteiger partial charge is 0.479 e. The third-order valence-electron chi connectivity index (χ3n) is 5.57. The third kappa shape index (κ3) is 4.13. The Morgan fingerprint density at radius 1 is 1.12 bits per heavy atom. The fraction of sp³-hybridized carbons (Fsp3) is 0.304. The lowest BCUT2D eigenvalue weighted by Gasteiger charge is -2.26. The number of hydrogen-bond acceptors (Lipinski definition) is 9. The number of carbonyl (C=O) groups is 1. The molecule has 0 radical (unpaired) electrons. The first-order chi connectivity index (χ1) is 16.5. The van der Waals surface area contributed by atoms with Gasteiger partial charge in [-0.2, -0.15) is 0 Å². The molecule has 4 aromatic heterocycles. The number of ether oxygens (including phenoxy) is 1. The summed E-state index contributed by atoms with van der Waals surface area (Å²) in [5.41, 5.74) is 3.64. The maximum Gasteiger partial charge on any atom is 0.242 e. The van der Waals surface area contributed by atoms with Crippen LogP contribution in [-0.4, -0.2) is 62.1 Å². The molecule has 34 heavy (non-hydrogen) atoms. The van der Waals surface area contributed by atoms with E-state index in [1.807, 2.05) is 18.2 Å². The van der Waals surface area contributed by atoms with Gasteiger partial charge in [-0.15, -0.1) is 0 Å². The zero-order valence-electron chi connectivity index (χ0n) is 19.2. The summed E-state index contributed by atoms with van der Waals surface area (Å²) in [5, 5.41) is 6.22. The Labute approximate surface area is 196 Å². The number of fused-ring (bicyclic) bond motifs is 1. The predicted octanol–water partition coefficient (Wildman–Crippen LogP) is 2.55. The van der Waals surface area contributed by atoms with Crippen molar-refractivity contribution in [1.29, 1.82) is 0 Å². The van der Waals surface area contributed by atoms with Crippen molar-refractivity contribution < 1.29 is 9.53 Å². The Bertz CT molecular complexity index is 1330. The molecular weight excluding hydrogens is 434 g/mol. The summed E-state index contributed by atoms with van der Waals surface area (Å²) in [4.78, 5) is 36.2. The van der Waals surface area contributed by atoms with E-state index in [1.165, 1.54) is 0 Å². The number of pyridine rings is 2. The second kappa shape index (κ2) is 9.02. The van der Waals surface area contributed by atoms with Crippen LogP contribution in [0.3, 0.4) is 0 Å². The molecule has 1 aliphatic rings. The highest BCUT2D eigenvalue weighted by atomic mass is 16.5. The van der Waals surface area contributed by atoms with Gasteiger partial charge in [0.05, 0.1) is 48.8 Å². The number of rotatable bonds is 6. The minimum atomic E-state index is 0.00852. The molecule has 5 heterocycles. The number of methoxy groups -OCH3 is 1. The van der Waals surface area contributed by atoms with Crippen LogP contribution in [0.15, 0.2) is 43.0 Å². The van der Waals surface area contributed by atoms with Gasteiger partial charge in [0.25, 0.3) is 0 Å². The fourth-order valence-corrected chi connectivity index (χ4v) is 3.85. The fourth-order valence-electron chi connectivity index (χ4n) is 3.85. The third-order valence-corrected chi connectivity index (χ3v) is 5.57. The lowest BCUT2D eigenvalue weighted by Crippen LogP contribution is -2.48. The molecule has 11 nitrogen and oxygen atoms in total. The molecule has 0 spiro atoms. The van der Waals surface area contributed by atoms with Crippen molar-refractivity contribution in [1.82, 2.24) is 34.8 Å². The van der Waals surface area contributed by atoms with Gasteiger partial charge >= 0.3 is 0 Å². The number of hydrogen-bond donors (Lipinski definition) is 2. The van der Waals surface area contributed by atoms with Crippen molar-refractivity contribution in [2.45, 2.75) is 19.9 Å². The quantitative estimate of drug-likeness (QED) is 0.448. The van der Waals surface area contributed by atoms with E-state index in [4.69, 9.17) is 4.74 Å². The van der Waals surface area contributed by atoms with Crippen molar-refractivity contribution in [3.8, 4) is 17.3 Å². The summed E-state index contributed by atoms with van der Waals surface area (Å²) >= 11 is 0. The maximum absolute atomic E-state index is 12.1. The summed E-state index contributed by atoms with van der Waals surface area (Å²) in [7, 11) is 1.58. The molecule has 2 N–H and O–H groups in total. The summed E-state index contributed by atoms with van der Waals surface area (Å²) in [5.74, 6) is 1.48. The minimum Gasteiger partial charge on any atom is -0.479 e. The van der Waals surface area contributed by atoms with Crippen LogP contribution in [-0.2, 0) is 4.79 Å². The molecule has 0 atom stereocenters. The molecule has 4 aromatic rings. The van der Waals surface area contributed by atoms with E-state index in [1.54, 1.807) is 36.8 Å². The van der Waals surface area contributed by atoms with Crippen LogP contribution in [0.4, 0.5) is 17.5 Å². The molecule has 174 valence electrons. The molecule has 1 aliphatic heterocycles. The molecule has 11 heteroatoms. The van der Waals surface area contributed by atoms with Gasteiger partial charge in [0, 0.05) is 25.3 Å². The summed E-state index contributed by atoms with van der Waals surface area (Å²) < 4.78 is 7.56. The number of anilines is 3. The minimum absolute atomic E-state index is 0.00852. The number of aromatic nitrogens is 6. The van der Waals surface area contributed by atoms with Crippen LogP contribution in [0.1, 0.15) is 19.9 Å². The predicted molar refractivity (Wildman–Crippen MR) is 128 cm³/mol. The summed E-state index contributed by atoms with van der Waals surface area (Å²) in [6.07, 6.45) is 5.13. The Kier molecular flexibility index (Phi) is 5.76. The highest BCUT2D eigenvalue weighted by molar-refractivity contribution is 5.94. The Hall–Kier alpha value is -4.12. The van der Waals surface area contributed by atoms with Crippen LogP contribution in [0.25, 0.3) is 22.4 Å². The smallest absolute Gasteiger partial charge is 0.242 e. The summed E-state index contributed by atoms with van der Waals surface area (Å²) in [6, 6.07) is 7.65. The molecule has 1 fully saturated rings. The van der Waals surface area contributed by atoms with Crippen molar-refractivity contribution >= 4 is 34.4 Å². The molecular formula is C23H25N9O2. The van der Waals surface area contributed by atoms with Crippen molar-refractivity contribution in [2.75, 3.05) is 37.0 Å². The molecule has 5 rings (SSSR count). The number of carbonyl (C=O) groups excluding carboxylic acids is 1. The summed E-state index contributed by atoms with van der Waals surface area (Å²) in [6.45, 7) is 5.86. The first-order valence-electron chi connectivity index (χ1n) is 11.0. The topological polar surface area (TPSA) is 123 Å². The molecule has 0 unspecified atom stereocenters. The van der Waals surface area contributed by atoms with E-state index in [0.717, 1.165) is 12.1 Å². The number of amides is 1. The number of piperazine rings is 1. The lowest BCUT2D eigenvalue weighted by molar-refractivity contribution is -0.118. The van der Waals surface area contributed by atoms with Gasteiger partial charge in [0.1, 0.15) is 5.82 Å². The van der Waals surface area contributed by atoms with Crippen molar-refractivity contribution in [3.63, 3.8) is 0 Å². The van der Waals surface area contributed by atoms with Gasteiger partial charge in [-0.3, -0.25) is 9.69 Å². The zero-order chi connectivity index (χ0) is 23.7. The first kappa shape index (κ1) is 21.7. The highest BCUT2D eigenvalue weighted by Gasteiger charge is 2.20. The monoisotopic (exact) mass is 459 g/mol. The average Bonchev–Trinajstić information content (AvgIpc) is 3.29. The van der Waals surface area contributed by atoms with E-state index in [2.05, 4.69) is 54.0 Å². The van der Waals surface area contributed by atoms with Gasteiger partial charge in [-0.05, 0) is 38.1 Å². The Balaban J connectivity index is 1.41. The number of nitrogens with zero attached hydrogens (tertiary/aromatic N) is 7. The molecule has 0 aromatic carbocycles. The van der Waals surface area contributed by atoms with E-state index in [0.29, 0.717) is 53.3 Å². The van der Waals surface area contributed by atoms with E-state index in [9.17, 15) is 4.79 Å². The maximum atomic E-state index is 12.1. The number of nitrogens with one attached hydrogen (secondary N) is 2. The van der Waals surface area contributed by atoms with Gasteiger partial charge < -0.3 is 19.9 Å². The molecule has 0 aliphatic carbocycles. The van der Waals surface area contributed by atoms with Crippen molar-refractivity contribution in [2.24, 2.45) is 0 Å². The standard InChI is InChI=1S/C23H25N9O2/c1-14(2)32-13-27-21-18(32)10-17(29-22(21)34-3)16-6-7-25-23(30-16)28-15-4-5-19(26-11-15)31-9-8-24-12-20(31)33/h4-7,10-11,13-14,24H,8-9,12H2,1-3H3,(H,25,28,30). The molecule has 1 amide bonds. The van der Waals surface area contributed by atoms with E-state index >= 15 is 0 Å². The SMILES string of the molecule is COc1nc(-c2ccnc(Nc3ccc(N4CCNCC4=O)nc3)n2)cc2c1ncn2C(C)C. The van der Waals surface area contributed by atoms with Crippen molar-refractivity contribution in [3.05, 3.63) is 43.0 Å². The second-order valence-corrected chi connectivity index (χ2v) is 8.15. The lowest BCUT2D eigenvalue weighted by atomic mass is 10.2. The second-order valence-electron chi connectivity index (χ2n) is 8.15.